The zero-order chi connectivity index (χ0) is 14.0. The van der Waals surface area contributed by atoms with Crippen LogP contribution in [0.2, 0.25) is 30.8 Å². The van der Waals surface area contributed by atoms with Gasteiger partial charge in [-0.25, -0.2) is 9.97 Å². The van der Waals surface area contributed by atoms with Crippen molar-refractivity contribution in [2.45, 2.75) is 32.4 Å². The minimum atomic E-state index is -1.05. The van der Waals surface area contributed by atoms with Crippen molar-refractivity contribution >= 4 is 46.6 Å². The summed E-state index contributed by atoms with van der Waals surface area (Å²) in [5.41, 5.74) is 1.62. The third kappa shape index (κ3) is 3.78. The predicted molar refractivity (Wildman–Crippen MR) is 84.3 cm³/mol. The third-order valence-corrected chi connectivity index (χ3v) is 5.35. The maximum absolute atomic E-state index is 6.12. The van der Waals surface area contributed by atoms with Gasteiger partial charge in [-0.05, 0) is 22.0 Å². The average Bonchev–Trinajstić information content (AvgIpc) is 2.62. The van der Waals surface area contributed by atoms with Crippen molar-refractivity contribution in [2.75, 3.05) is 6.61 Å². The second-order valence-corrected chi connectivity index (χ2v) is 12.5. The average molecular weight is 363 g/mol. The van der Waals surface area contributed by atoms with Crippen molar-refractivity contribution in [2.24, 2.45) is 0 Å². The first-order valence-corrected chi connectivity index (χ1v) is 11.0. The highest BCUT2D eigenvalue weighted by molar-refractivity contribution is 9.10. The highest BCUT2D eigenvalue weighted by atomic mass is 79.9. The molecule has 0 fully saturated rings. The Morgan fingerprint density at radius 1 is 1.37 bits per heavy atom. The zero-order valence-electron chi connectivity index (χ0n) is 11.3. The Labute approximate surface area is 127 Å². The molecule has 104 valence electrons. The SMILES string of the molecule is C[Si](C)(C)CCOCn1cc(Br)c2ncnc(Cl)c21. The van der Waals surface area contributed by atoms with Crippen molar-refractivity contribution in [1.29, 1.82) is 0 Å². The van der Waals surface area contributed by atoms with Crippen LogP contribution in [-0.4, -0.2) is 29.2 Å². The van der Waals surface area contributed by atoms with Crippen LogP contribution in [0.1, 0.15) is 0 Å². The molecule has 2 heterocycles. The van der Waals surface area contributed by atoms with Crippen molar-refractivity contribution in [1.82, 2.24) is 14.5 Å². The van der Waals surface area contributed by atoms with Crippen molar-refractivity contribution in [3.05, 3.63) is 22.1 Å². The molecule has 0 saturated heterocycles. The number of ether oxygens (including phenoxy) is 1. The molecule has 0 atom stereocenters. The van der Waals surface area contributed by atoms with Gasteiger partial charge in [-0.1, -0.05) is 31.2 Å². The van der Waals surface area contributed by atoms with Gasteiger partial charge in [-0.3, -0.25) is 0 Å². The van der Waals surface area contributed by atoms with Crippen LogP contribution in [0.5, 0.6) is 0 Å². The fourth-order valence-electron chi connectivity index (χ4n) is 1.69. The van der Waals surface area contributed by atoms with Gasteiger partial charge >= 0.3 is 0 Å². The van der Waals surface area contributed by atoms with Crippen LogP contribution in [-0.2, 0) is 11.5 Å². The highest BCUT2D eigenvalue weighted by Crippen LogP contribution is 2.28. The van der Waals surface area contributed by atoms with Crippen molar-refractivity contribution < 1.29 is 4.74 Å². The molecule has 0 saturated carbocycles. The molecule has 0 aromatic carbocycles. The Morgan fingerprint density at radius 2 is 2.11 bits per heavy atom. The summed E-state index contributed by atoms with van der Waals surface area (Å²) in [4.78, 5) is 8.23. The minimum absolute atomic E-state index is 0.449. The first kappa shape index (κ1) is 15.0. The van der Waals surface area contributed by atoms with E-state index in [9.17, 15) is 0 Å². The van der Waals surface area contributed by atoms with E-state index in [0.717, 1.165) is 28.2 Å². The van der Waals surface area contributed by atoms with E-state index in [2.05, 4.69) is 45.5 Å². The Kier molecular flexibility index (Phi) is 4.65. The molecule has 0 spiro atoms. The first-order chi connectivity index (χ1) is 8.88. The summed E-state index contributed by atoms with van der Waals surface area (Å²) >= 11 is 9.59. The van der Waals surface area contributed by atoms with E-state index < -0.39 is 8.07 Å². The van der Waals surface area contributed by atoms with Gasteiger partial charge in [0.25, 0.3) is 0 Å². The Bertz CT molecular complexity index is 582. The van der Waals surface area contributed by atoms with E-state index in [1.807, 2.05) is 10.8 Å². The van der Waals surface area contributed by atoms with Crippen molar-refractivity contribution in [3.8, 4) is 0 Å². The number of hydrogen-bond acceptors (Lipinski definition) is 3. The molecule has 0 bridgehead atoms. The zero-order valence-corrected chi connectivity index (χ0v) is 14.6. The molecule has 7 heteroatoms. The van der Waals surface area contributed by atoms with Gasteiger partial charge < -0.3 is 9.30 Å². The van der Waals surface area contributed by atoms with Gasteiger partial charge in [0.1, 0.15) is 24.1 Å². The van der Waals surface area contributed by atoms with Crippen LogP contribution >= 0.6 is 27.5 Å². The lowest BCUT2D eigenvalue weighted by Crippen LogP contribution is -2.22. The molecule has 2 aromatic rings. The van der Waals surface area contributed by atoms with Crippen molar-refractivity contribution in [3.63, 3.8) is 0 Å². The fraction of sp³-hybridized carbons (Fsp3) is 0.500. The molecule has 0 unspecified atom stereocenters. The lowest BCUT2D eigenvalue weighted by atomic mass is 10.5. The normalized spacial score (nSPS) is 12.3. The number of rotatable bonds is 5. The quantitative estimate of drug-likeness (QED) is 0.455. The fourth-order valence-corrected chi connectivity index (χ4v) is 3.23. The number of nitrogens with zero attached hydrogens (tertiary/aromatic N) is 3. The van der Waals surface area contributed by atoms with Crippen LogP contribution in [0.3, 0.4) is 0 Å². The van der Waals surface area contributed by atoms with Crippen LogP contribution in [0, 0.1) is 0 Å². The number of halogens is 2. The summed E-state index contributed by atoms with van der Waals surface area (Å²) in [7, 11) is -1.05. The third-order valence-electron chi connectivity index (χ3n) is 2.79. The Morgan fingerprint density at radius 3 is 2.79 bits per heavy atom. The lowest BCUT2D eigenvalue weighted by molar-refractivity contribution is 0.0901. The van der Waals surface area contributed by atoms with Crippen LogP contribution in [0.25, 0.3) is 11.0 Å². The maximum Gasteiger partial charge on any atom is 0.156 e. The number of aromatic nitrogens is 3. The molecule has 0 aliphatic rings. The van der Waals surface area contributed by atoms with E-state index >= 15 is 0 Å². The predicted octanol–water partition coefficient (Wildman–Crippen LogP) is 4.16. The van der Waals surface area contributed by atoms with Crippen LogP contribution in [0.15, 0.2) is 17.0 Å². The summed E-state index contributed by atoms with van der Waals surface area (Å²) in [6.45, 7) is 8.26. The molecule has 2 aromatic heterocycles. The highest BCUT2D eigenvalue weighted by Gasteiger charge is 2.14. The number of fused-ring (bicyclic) bond motifs is 1. The summed E-state index contributed by atoms with van der Waals surface area (Å²) < 4.78 is 8.57. The van der Waals surface area contributed by atoms with E-state index in [4.69, 9.17) is 16.3 Å². The van der Waals surface area contributed by atoms with E-state index in [-0.39, 0.29) is 0 Å². The minimum Gasteiger partial charge on any atom is -0.361 e. The van der Waals surface area contributed by atoms with Crippen LogP contribution < -0.4 is 0 Å². The van der Waals surface area contributed by atoms with Gasteiger partial charge in [0.15, 0.2) is 5.15 Å². The molecule has 0 N–H and O–H groups in total. The summed E-state index contributed by atoms with van der Waals surface area (Å²) in [5.74, 6) is 0. The number of hydrogen-bond donors (Lipinski definition) is 0. The maximum atomic E-state index is 6.12. The van der Waals surface area contributed by atoms with Gasteiger partial charge in [0.2, 0.25) is 0 Å². The summed E-state index contributed by atoms with van der Waals surface area (Å²) in [5, 5.41) is 0.449. The lowest BCUT2D eigenvalue weighted by Gasteiger charge is -2.15. The molecule has 0 aliphatic carbocycles. The van der Waals surface area contributed by atoms with Gasteiger partial charge in [0, 0.05) is 20.9 Å². The molecule has 0 amide bonds. The first-order valence-electron chi connectivity index (χ1n) is 6.11. The smallest absolute Gasteiger partial charge is 0.156 e. The van der Waals surface area contributed by atoms with Gasteiger partial charge in [-0.15, -0.1) is 0 Å². The monoisotopic (exact) mass is 361 g/mol. The van der Waals surface area contributed by atoms with Gasteiger partial charge in [0.05, 0.1) is 4.47 Å². The molecule has 0 radical (unpaired) electrons. The molecule has 0 aliphatic heterocycles. The summed E-state index contributed by atoms with van der Waals surface area (Å²) in [6.07, 6.45) is 3.39. The topological polar surface area (TPSA) is 39.9 Å². The molecular formula is C12H17BrClN3OSi. The van der Waals surface area contributed by atoms with E-state index in [0.29, 0.717) is 11.9 Å². The molecule has 4 nitrogen and oxygen atoms in total. The Balaban J connectivity index is 2.09. The standard InChI is InChI=1S/C12H17BrClN3OSi/c1-19(2,3)5-4-18-8-17-6-9(13)10-11(17)12(14)16-7-15-10/h6-7H,4-5,8H2,1-3H3. The van der Waals surface area contributed by atoms with E-state index in [1.54, 1.807) is 0 Å². The Hall–Kier alpha value is -0.433. The molecule has 2 rings (SSSR count). The van der Waals surface area contributed by atoms with Gasteiger partial charge in [-0.2, -0.15) is 0 Å². The summed E-state index contributed by atoms with van der Waals surface area (Å²) in [6, 6.07) is 1.15. The second-order valence-electron chi connectivity index (χ2n) is 5.66. The second kappa shape index (κ2) is 5.91. The largest absolute Gasteiger partial charge is 0.361 e. The van der Waals surface area contributed by atoms with Crippen LogP contribution in [0.4, 0.5) is 0 Å². The molecule has 19 heavy (non-hydrogen) atoms. The molecular weight excluding hydrogens is 346 g/mol. The van der Waals surface area contributed by atoms with E-state index in [1.165, 1.54) is 6.33 Å².